The zero-order chi connectivity index (χ0) is 11.3. The van der Waals surface area contributed by atoms with Crippen LogP contribution in [-0.2, 0) is 6.54 Å². The number of rotatable bonds is 4. The zero-order valence-corrected chi connectivity index (χ0v) is 11.0. The van der Waals surface area contributed by atoms with Crippen molar-refractivity contribution in [2.45, 2.75) is 26.8 Å². The van der Waals surface area contributed by atoms with Gasteiger partial charge in [-0.15, -0.1) is 11.3 Å². The molecule has 0 atom stereocenters. The summed E-state index contributed by atoms with van der Waals surface area (Å²) < 4.78 is 0. The summed E-state index contributed by atoms with van der Waals surface area (Å²) in [6.07, 6.45) is 1.09. The van der Waals surface area contributed by atoms with Crippen molar-refractivity contribution in [1.29, 1.82) is 0 Å². The number of aryl methyl sites for hydroxylation is 1. The molecule has 0 saturated carbocycles. The highest BCUT2D eigenvalue weighted by Crippen LogP contribution is 2.09. The molecule has 0 fully saturated rings. The molecule has 0 aliphatic heterocycles. The number of hydrogen-bond acceptors (Lipinski definition) is 3. The van der Waals surface area contributed by atoms with Crippen molar-refractivity contribution in [2.75, 3.05) is 13.6 Å². The van der Waals surface area contributed by atoms with E-state index in [0.717, 1.165) is 35.3 Å². The number of hydrogen-bond donors (Lipinski definition) is 1. The van der Waals surface area contributed by atoms with Gasteiger partial charge in [-0.2, -0.15) is 0 Å². The summed E-state index contributed by atoms with van der Waals surface area (Å²) in [5.74, 6) is 0. The molecule has 5 heteroatoms. The van der Waals surface area contributed by atoms with Gasteiger partial charge in [0.2, 0.25) is 0 Å². The Balaban J connectivity index is 2.41. The van der Waals surface area contributed by atoms with Crippen LogP contribution < -0.4 is 5.32 Å². The SMILES string of the molecule is CCCNC(=S)N(C)Cc1csc(C)n1. The van der Waals surface area contributed by atoms with Gasteiger partial charge in [0.1, 0.15) is 0 Å². The fraction of sp³-hybridized carbons (Fsp3) is 0.600. The van der Waals surface area contributed by atoms with E-state index in [1.54, 1.807) is 11.3 Å². The van der Waals surface area contributed by atoms with E-state index in [2.05, 4.69) is 22.6 Å². The molecule has 1 N–H and O–H groups in total. The van der Waals surface area contributed by atoms with Gasteiger partial charge in [-0.25, -0.2) is 4.98 Å². The summed E-state index contributed by atoms with van der Waals surface area (Å²) in [6.45, 7) is 5.85. The van der Waals surface area contributed by atoms with E-state index in [4.69, 9.17) is 12.2 Å². The van der Waals surface area contributed by atoms with Crippen LogP contribution >= 0.6 is 23.6 Å². The molecule has 0 aromatic carbocycles. The van der Waals surface area contributed by atoms with Gasteiger partial charge in [0.05, 0.1) is 17.2 Å². The van der Waals surface area contributed by atoms with Crippen LogP contribution in [-0.4, -0.2) is 28.6 Å². The maximum atomic E-state index is 5.24. The van der Waals surface area contributed by atoms with Crippen molar-refractivity contribution in [3.63, 3.8) is 0 Å². The van der Waals surface area contributed by atoms with Gasteiger partial charge in [-0.05, 0) is 25.6 Å². The smallest absolute Gasteiger partial charge is 0.169 e. The summed E-state index contributed by atoms with van der Waals surface area (Å²) in [6, 6.07) is 0. The third-order valence-corrected chi connectivity index (χ3v) is 3.22. The lowest BCUT2D eigenvalue weighted by atomic mass is 10.4. The minimum absolute atomic E-state index is 0.778. The maximum absolute atomic E-state index is 5.24. The molecule has 0 amide bonds. The van der Waals surface area contributed by atoms with E-state index in [1.807, 2.05) is 18.9 Å². The summed E-state index contributed by atoms with van der Waals surface area (Å²) >= 11 is 6.91. The minimum Gasteiger partial charge on any atom is -0.363 e. The van der Waals surface area contributed by atoms with Gasteiger partial charge in [0.15, 0.2) is 5.11 Å². The number of thiocarbonyl (C=S) groups is 1. The normalized spacial score (nSPS) is 10.1. The van der Waals surface area contributed by atoms with Crippen LogP contribution in [0.1, 0.15) is 24.0 Å². The molecular formula is C10H17N3S2. The number of thiazole rings is 1. The summed E-state index contributed by atoms with van der Waals surface area (Å²) in [7, 11) is 1.99. The largest absolute Gasteiger partial charge is 0.363 e. The molecule has 1 rings (SSSR count). The summed E-state index contributed by atoms with van der Waals surface area (Å²) in [4.78, 5) is 6.42. The number of nitrogens with one attached hydrogen (secondary N) is 1. The molecule has 15 heavy (non-hydrogen) atoms. The second-order valence-electron chi connectivity index (χ2n) is 3.45. The molecule has 0 bridgehead atoms. The van der Waals surface area contributed by atoms with Crippen molar-refractivity contribution in [2.24, 2.45) is 0 Å². The molecule has 3 nitrogen and oxygen atoms in total. The van der Waals surface area contributed by atoms with E-state index >= 15 is 0 Å². The van der Waals surface area contributed by atoms with Crippen molar-refractivity contribution in [1.82, 2.24) is 15.2 Å². The Kier molecular flexibility index (Phi) is 4.98. The van der Waals surface area contributed by atoms with Crippen LogP contribution in [0.15, 0.2) is 5.38 Å². The first-order valence-electron chi connectivity index (χ1n) is 5.03. The van der Waals surface area contributed by atoms with Crippen LogP contribution in [0.2, 0.25) is 0 Å². The molecule has 0 radical (unpaired) electrons. The zero-order valence-electron chi connectivity index (χ0n) is 9.41. The highest BCUT2D eigenvalue weighted by molar-refractivity contribution is 7.80. The van der Waals surface area contributed by atoms with Crippen LogP contribution in [0.3, 0.4) is 0 Å². The summed E-state index contributed by atoms with van der Waals surface area (Å²) in [5, 5.41) is 7.17. The van der Waals surface area contributed by atoms with Gasteiger partial charge in [-0.1, -0.05) is 6.92 Å². The highest BCUT2D eigenvalue weighted by Gasteiger charge is 2.06. The van der Waals surface area contributed by atoms with Gasteiger partial charge in [0, 0.05) is 19.0 Å². The topological polar surface area (TPSA) is 28.2 Å². The second-order valence-corrected chi connectivity index (χ2v) is 4.89. The Morgan fingerprint density at radius 3 is 2.93 bits per heavy atom. The van der Waals surface area contributed by atoms with Crippen LogP contribution in [0.5, 0.6) is 0 Å². The van der Waals surface area contributed by atoms with E-state index < -0.39 is 0 Å². The van der Waals surface area contributed by atoms with Crippen LogP contribution in [0.25, 0.3) is 0 Å². The molecule has 0 aliphatic rings. The van der Waals surface area contributed by atoms with Crippen LogP contribution in [0.4, 0.5) is 0 Å². The Hall–Kier alpha value is -0.680. The predicted molar refractivity (Wildman–Crippen MR) is 69.2 cm³/mol. The molecule has 0 saturated heterocycles. The first-order chi connectivity index (χ1) is 7.13. The van der Waals surface area contributed by atoms with E-state index in [0.29, 0.717) is 0 Å². The lowest BCUT2D eigenvalue weighted by molar-refractivity contribution is 0.482. The molecule has 1 aromatic heterocycles. The quantitative estimate of drug-likeness (QED) is 0.820. The highest BCUT2D eigenvalue weighted by atomic mass is 32.1. The first-order valence-corrected chi connectivity index (χ1v) is 6.32. The fourth-order valence-electron chi connectivity index (χ4n) is 1.16. The van der Waals surface area contributed by atoms with E-state index in [1.165, 1.54) is 0 Å². The average molecular weight is 243 g/mol. The van der Waals surface area contributed by atoms with Crippen molar-refractivity contribution < 1.29 is 0 Å². The van der Waals surface area contributed by atoms with E-state index in [-0.39, 0.29) is 0 Å². The van der Waals surface area contributed by atoms with Gasteiger partial charge in [-0.3, -0.25) is 0 Å². The molecule has 1 aromatic rings. The molecule has 84 valence electrons. The lowest BCUT2D eigenvalue weighted by Gasteiger charge is -2.19. The summed E-state index contributed by atoms with van der Waals surface area (Å²) in [5.41, 5.74) is 1.08. The average Bonchev–Trinajstić information content (AvgIpc) is 2.60. The second kappa shape index (κ2) is 6.02. The minimum atomic E-state index is 0.778. The Morgan fingerprint density at radius 2 is 2.40 bits per heavy atom. The monoisotopic (exact) mass is 243 g/mol. The number of nitrogens with zero attached hydrogens (tertiary/aromatic N) is 2. The fourth-order valence-corrected chi connectivity index (χ4v) is 1.93. The molecule has 0 aliphatic carbocycles. The molecular weight excluding hydrogens is 226 g/mol. The van der Waals surface area contributed by atoms with Gasteiger partial charge >= 0.3 is 0 Å². The van der Waals surface area contributed by atoms with Gasteiger partial charge < -0.3 is 10.2 Å². The maximum Gasteiger partial charge on any atom is 0.169 e. The molecule has 0 spiro atoms. The third kappa shape index (κ3) is 4.13. The van der Waals surface area contributed by atoms with Crippen molar-refractivity contribution in [3.8, 4) is 0 Å². The predicted octanol–water partition coefficient (Wildman–Crippen LogP) is 2.17. The lowest BCUT2D eigenvalue weighted by Crippen LogP contribution is -2.36. The van der Waals surface area contributed by atoms with Crippen LogP contribution in [0, 0.1) is 6.92 Å². The van der Waals surface area contributed by atoms with E-state index in [9.17, 15) is 0 Å². The van der Waals surface area contributed by atoms with Gasteiger partial charge in [0.25, 0.3) is 0 Å². The Morgan fingerprint density at radius 1 is 1.67 bits per heavy atom. The third-order valence-electron chi connectivity index (χ3n) is 1.94. The van der Waals surface area contributed by atoms with Crippen molar-refractivity contribution >= 4 is 28.7 Å². The van der Waals surface area contributed by atoms with Crippen molar-refractivity contribution in [3.05, 3.63) is 16.1 Å². The standard InChI is InChI=1S/C10H17N3S2/c1-4-5-11-10(14)13(3)6-9-7-15-8(2)12-9/h7H,4-6H2,1-3H3,(H,11,14). The molecule has 0 unspecified atom stereocenters. The molecule has 1 heterocycles. The first kappa shape index (κ1) is 12.4. The Bertz CT molecular complexity index is 322. The number of aromatic nitrogens is 1. The Labute approximate surface area is 101 Å².